The van der Waals surface area contributed by atoms with E-state index in [0.29, 0.717) is 16.4 Å². The Morgan fingerprint density at radius 1 is 1.50 bits per heavy atom. The molecular formula is C12H9FN4O2S. The lowest BCUT2D eigenvalue weighted by molar-refractivity contribution is -0.123. The molecule has 0 radical (unpaired) electrons. The third kappa shape index (κ3) is 2.37. The van der Waals surface area contributed by atoms with Crippen molar-refractivity contribution < 1.29 is 14.0 Å². The maximum absolute atomic E-state index is 13.2. The number of hydrogen-bond donors (Lipinski definition) is 2. The summed E-state index contributed by atoms with van der Waals surface area (Å²) in [6.45, 7) is 0. The summed E-state index contributed by atoms with van der Waals surface area (Å²) >= 11 is 1.19. The highest BCUT2D eigenvalue weighted by Crippen LogP contribution is 2.33. The minimum atomic E-state index is -0.664. The van der Waals surface area contributed by atoms with Gasteiger partial charge < -0.3 is 5.32 Å². The van der Waals surface area contributed by atoms with Crippen molar-refractivity contribution in [1.82, 2.24) is 10.2 Å². The molecule has 1 aromatic carbocycles. The average Bonchev–Trinajstić information content (AvgIpc) is 2.90. The molecule has 1 aliphatic heterocycles. The van der Waals surface area contributed by atoms with Crippen LogP contribution in [0.15, 0.2) is 23.7 Å². The van der Waals surface area contributed by atoms with E-state index in [2.05, 4.69) is 20.8 Å². The van der Waals surface area contributed by atoms with Crippen molar-refractivity contribution in [1.29, 1.82) is 0 Å². The summed E-state index contributed by atoms with van der Waals surface area (Å²) in [4.78, 5) is 23.8. The van der Waals surface area contributed by atoms with Gasteiger partial charge in [-0.2, -0.15) is 0 Å². The summed E-state index contributed by atoms with van der Waals surface area (Å²) < 4.78 is 13.2. The van der Waals surface area contributed by atoms with E-state index in [-0.39, 0.29) is 18.2 Å². The number of benzene rings is 1. The van der Waals surface area contributed by atoms with E-state index in [0.717, 1.165) is 0 Å². The Kier molecular flexibility index (Phi) is 3.15. The Morgan fingerprint density at radius 2 is 2.35 bits per heavy atom. The van der Waals surface area contributed by atoms with E-state index in [9.17, 15) is 14.0 Å². The molecule has 1 atom stereocenters. The van der Waals surface area contributed by atoms with Crippen molar-refractivity contribution in [3.05, 3.63) is 35.1 Å². The fourth-order valence-corrected chi connectivity index (χ4v) is 2.54. The predicted molar refractivity (Wildman–Crippen MR) is 70.9 cm³/mol. The van der Waals surface area contributed by atoms with Gasteiger partial charge in [0, 0.05) is 12.1 Å². The second-order valence-electron chi connectivity index (χ2n) is 4.27. The van der Waals surface area contributed by atoms with Gasteiger partial charge in [0.2, 0.25) is 16.9 Å². The molecule has 1 aromatic heterocycles. The van der Waals surface area contributed by atoms with Crippen LogP contribution in [0.5, 0.6) is 0 Å². The van der Waals surface area contributed by atoms with E-state index in [1.54, 1.807) is 0 Å². The first-order valence-corrected chi connectivity index (χ1v) is 6.68. The van der Waals surface area contributed by atoms with E-state index in [4.69, 9.17) is 0 Å². The number of halogens is 1. The van der Waals surface area contributed by atoms with Gasteiger partial charge in [-0.15, -0.1) is 10.2 Å². The molecule has 0 saturated heterocycles. The molecule has 0 unspecified atom stereocenters. The largest absolute Gasteiger partial charge is 0.326 e. The van der Waals surface area contributed by atoms with Crippen LogP contribution in [-0.2, 0) is 9.59 Å². The highest BCUT2D eigenvalue weighted by Gasteiger charge is 2.31. The Morgan fingerprint density at radius 3 is 3.10 bits per heavy atom. The van der Waals surface area contributed by atoms with Crippen LogP contribution in [0, 0.1) is 5.82 Å². The molecule has 0 bridgehead atoms. The van der Waals surface area contributed by atoms with Crippen LogP contribution in [0.3, 0.4) is 0 Å². The number of nitrogens with one attached hydrogen (secondary N) is 2. The first-order chi connectivity index (χ1) is 9.63. The van der Waals surface area contributed by atoms with Gasteiger partial charge in [-0.1, -0.05) is 17.4 Å². The van der Waals surface area contributed by atoms with Crippen molar-refractivity contribution in [2.75, 3.05) is 10.6 Å². The van der Waals surface area contributed by atoms with Gasteiger partial charge in [-0.05, 0) is 17.7 Å². The van der Waals surface area contributed by atoms with Gasteiger partial charge in [-0.3, -0.25) is 14.9 Å². The first kappa shape index (κ1) is 12.7. The SMILES string of the molecule is O=C1C[C@@H](C(=O)Nc2nncs2)c2ccc(F)cc2N1. The standard InChI is InChI=1S/C12H9FN4O2S/c13-6-1-2-7-8(4-10(18)15-9(7)3-6)11(19)16-12-17-14-5-20-12/h1-3,5,8H,4H2,(H,15,18)(H,16,17,19)/t8-/m1/s1. The molecular weight excluding hydrogens is 283 g/mol. The molecule has 0 spiro atoms. The first-order valence-electron chi connectivity index (χ1n) is 5.80. The number of hydrogen-bond acceptors (Lipinski definition) is 5. The zero-order valence-electron chi connectivity index (χ0n) is 10.1. The Hall–Kier alpha value is -2.35. The second kappa shape index (κ2) is 4.97. The average molecular weight is 292 g/mol. The van der Waals surface area contributed by atoms with Crippen molar-refractivity contribution in [2.45, 2.75) is 12.3 Å². The molecule has 20 heavy (non-hydrogen) atoms. The summed E-state index contributed by atoms with van der Waals surface area (Å²) in [7, 11) is 0. The maximum atomic E-state index is 13.2. The maximum Gasteiger partial charge on any atom is 0.234 e. The normalized spacial score (nSPS) is 17.2. The number of rotatable bonds is 2. The summed E-state index contributed by atoms with van der Waals surface area (Å²) in [5.41, 5.74) is 2.42. The van der Waals surface area contributed by atoms with E-state index in [1.165, 1.54) is 35.0 Å². The molecule has 3 rings (SSSR count). The number of nitrogens with zero attached hydrogens (tertiary/aromatic N) is 2. The van der Waals surface area contributed by atoms with Crippen LogP contribution in [-0.4, -0.2) is 22.0 Å². The van der Waals surface area contributed by atoms with Gasteiger partial charge in [-0.25, -0.2) is 4.39 Å². The minimum Gasteiger partial charge on any atom is -0.326 e. The number of fused-ring (bicyclic) bond motifs is 1. The van der Waals surface area contributed by atoms with Crippen LogP contribution < -0.4 is 10.6 Å². The Balaban J connectivity index is 1.90. The van der Waals surface area contributed by atoms with Crippen molar-refractivity contribution in [3.8, 4) is 0 Å². The minimum absolute atomic E-state index is 0.0171. The quantitative estimate of drug-likeness (QED) is 0.883. The topological polar surface area (TPSA) is 84.0 Å². The molecule has 1 aliphatic rings. The fourth-order valence-electron chi connectivity index (χ4n) is 2.09. The van der Waals surface area contributed by atoms with Crippen molar-refractivity contribution >= 4 is 34.0 Å². The number of aromatic nitrogens is 2. The molecule has 2 aromatic rings. The van der Waals surface area contributed by atoms with Crippen molar-refractivity contribution in [3.63, 3.8) is 0 Å². The molecule has 2 N–H and O–H groups in total. The second-order valence-corrected chi connectivity index (χ2v) is 5.10. The molecule has 0 aliphatic carbocycles. The lowest BCUT2D eigenvalue weighted by Crippen LogP contribution is -2.30. The number of amides is 2. The van der Waals surface area contributed by atoms with Crippen molar-refractivity contribution in [2.24, 2.45) is 0 Å². The van der Waals surface area contributed by atoms with Crippen LogP contribution in [0.2, 0.25) is 0 Å². The Labute approximate surface area is 117 Å². The monoisotopic (exact) mass is 292 g/mol. The smallest absolute Gasteiger partial charge is 0.234 e. The number of carbonyl (C=O) groups excluding carboxylic acids is 2. The molecule has 2 amide bonds. The third-order valence-electron chi connectivity index (χ3n) is 2.96. The summed E-state index contributed by atoms with van der Waals surface area (Å²) in [6, 6.07) is 3.98. The van der Waals surface area contributed by atoms with Gasteiger partial charge in [0.15, 0.2) is 0 Å². The zero-order valence-corrected chi connectivity index (χ0v) is 10.9. The third-order valence-corrected chi connectivity index (χ3v) is 3.57. The molecule has 2 heterocycles. The van der Waals surface area contributed by atoms with Crippen LogP contribution in [0.1, 0.15) is 17.9 Å². The number of anilines is 2. The summed E-state index contributed by atoms with van der Waals surface area (Å²) in [6.07, 6.45) is 0.0171. The molecule has 0 fully saturated rings. The summed E-state index contributed by atoms with van der Waals surface area (Å²) in [5.74, 6) is -1.80. The lowest BCUT2D eigenvalue weighted by atomic mass is 9.90. The van der Waals surface area contributed by atoms with Crippen LogP contribution in [0.4, 0.5) is 15.2 Å². The lowest BCUT2D eigenvalue weighted by Gasteiger charge is -2.24. The Bertz CT molecular complexity index is 674. The number of carbonyl (C=O) groups is 2. The van der Waals surface area contributed by atoms with E-state index >= 15 is 0 Å². The fraction of sp³-hybridized carbons (Fsp3) is 0.167. The van der Waals surface area contributed by atoms with Gasteiger partial charge in [0.25, 0.3) is 0 Å². The summed E-state index contributed by atoms with van der Waals surface area (Å²) in [5, 5.41) is 12.9. The van der Waals surface area contributed by atoms with Crippen LogP contribution in [0.25, 0.3) is 0 Å². The van der Waals surface area contributed by atoms with Crippen LogP contribution >= 0.6 is 11.3 Å². The van der Waals surface area contributed by atoms with Gasteiger partial charge in [0.1, 0.15) is 11.3 Å². The molecule has 102 valence electrons. The molecule has 8 heteroatoms. The van der Waals surface area contributed by atoms with E-state index in [1.807, 2.05) is 0 Å². The highest BCUT2D eigenvalue weighted by atomic mass is 32.1. The highest BCUT2D eigenvalue weighted by molar-refractivity contribution is 7.13. The molecule has 6 nitrogen and oxygen atoms in total. The predicted octanol–water partition coefficient (Wildman–Crippen LogP) is 1.74. The molecule has 0 saturated carbocycles. The van der Waals surface area contributed by atoms with Gasteiger partial charge in [0.05, 0.1) is 5.92 Å². The van der Waals surface area contributed by atoms with Gasteiger partial charge >= 0.3 is 0 Å². The van der Waals surface area contributed by atoms with E-state index < -0.39 is 11.7 Å². The zero-order chi connectivity index (χ0) is 14.1.